The number of rotatable bonds is 8. The number of amides is 1. The molecule has 6 heteroatoms. The van der Waals surface area contributed by atoms with Crippen molar-refractivity contribution >= 4 is 23.2 Å². The molecular weight excluding hydrogens is 374 g/mol. The molecule has 5 nitrogen and oxygen atoms in total. The minimum Gasteiger partial charge on any atom is -0.303 e. The average molecular weight is 402 g/mol. The van der Waals surface area contributed by atoms with E-state index in [1.54, 1.807) is 10.5 Å². The topological polar surface area (TPSA) is 64.9 Å². The third-order valence-corrected chi connectivity index (χ3v) is 4.65. The van der Waals surface area contributed by atoms with Crippen LogP contribution in [0, 0.1) is 11.8 Å². The molecule has 0 heterocycles. The van der Waals surface area contributed by atoms with Crippen LogP contribution in [0.4, 0.5) is 0 Å². The standard InChI is InChI=1S/C22H28ClN3O2/c1-15(2)13-19(22(27)25-28)14-21(24-26(3)4)18-7-5-16(6-8-18)17-9-11-20(23)12-10-17/h5-12,15,19,28H,13-14H2,1-4H3,(H,25,27). The van der Waals surface area contributed by atoms with Crippen LogP contribution in [0.2, 0.25) is 5.02 Å². The highest BCUT2D eigenvalue weighted by Crippen LogP contribution is 2.24. The fourth-order valence-electron chi connectivity index (χ4n) is 3.13. The first-order valence-corrected chi connectivity index (χ1v) is 9.73. The van der Waals surface area contributed by atoms with Crippen molar-refractivity contribution in [2.75, 3.05) is 14.1 Å². The summed E-state index contributed by atoms with van der Waals surface area (Å²) < 4.78 is 0. The summed E-state index contributed by atoms with van der Waals surface area (Å²) in [6.45, 7) is 4.11. The van der Waals surface area contributed by atoms with Gasteiger partial charge in [-0.05, 0) is 41.2 Å². The quantitative estimate of drug-likeness (QED) is 0.378. The van der Waals surface area contributed by atoms with E-state index in [0.717, 1.165) is 22.4 Å². The van der Waals surface area contributed by atoms with E-state index in [2.05, 4.69) is 18.9 Å². The Balaban J connectivity index is 2.29. The number of hydrazone groups is 1. The predicted octanol–water partition coefficient (Wildman–Crippen LogP) is 4.83. The van der Waals surface area contributed by atoms with Crippen molar-refractivity contribution in [2.45, 2.75) is 26.7 Å². The van der Waals surface area contributed by atoms with Crippen LogP contribution in [0.5, 0.6) is 0 Å². The largest absolute Gasteiger partial charge is 0.303 e. The van der Waals surface area contributed by atoms with Crippen LogP contribution in [-0.2, 0) is 4.79 Å². The van der Waals surface area contributed by atoms with Crippen molar-refractivity contribution in [3.05, 3.63) is 59.1 Å². The molecule has 0 aliphatic carbocycles. The predicted molar refractivity (Wildman–Crippen MR) is 115 cm³/mol. The van der Waals surface area contributed by atoms with Gasteiger partial charge in [-0.2, -0.15) is 5.10 Å². The highest BCUT2D eigenvalue weighted by Gasteiger charge is 2.22. The van der Waals surface area contributed by atoms with E-state index < -0.39 is 0 Å². The van der Waals surface area contributed by atoms with E-state index in [0.29, 0.717) is 23.8 Å². The number of hydrogen-bond acceptors (Lipinski definition) is 4. The Kier molecular flexibility index (Phi) is 8.03. The summed E-state index contributed by atoms with van der Waals surface area (Å²) in [5, 5.41) is 16.1. The van der Waals surface area contributed by atoms with E-state index in [1.807, 2.05) is 62.6 Å². The van der Waals surface area contributed by atoms with Crippen molar-refractivity contribution in [2.24, 2.45) is 16.9 Å². The Labute approximate surface area is 172 Å². The fourth-order valence-corrected chi connectivity index (χ4v) is 3.26. The van der Waals surface area contributed by atoms with Gasteiger partial charge in [-0.25, -0.2) is 5.48 Å². The van der Waals surface area contributed by atoms with Crippen molar-refractivity contribution in [1.29, 1.82) is 0 Å². The first-order chi connectivity index (χ1) is 13.3. The lowest BCUT2D eigenvalue weighted by Gasteiger charge is -2.19. The Morgan fingerprint density at radius 2 is 1.61 bits per heavy atom. The summed E-state index contributed by atoms with van der Waals surface area (Å²) in [5.74, 6) is -0.396. The molecular formula is C22H28ClN3O2. The molecule has 2 rings (SSSR count). The maximum absolute atomic E-state index is 12.1. The summed E-state index contributed by atoms with van der Waals surface area (Å²) in [6.07, 6.45) is 1.12. The number of hydrogen-bond donors (Lipinski definition) is 2. The Hall–Kier alpha value is -2.37. The van der Waals surface area contributed by atoms with E-state index in [1.165, 1.54) is 0 Å². The van der Waals surface area contributed by atoms with Crippen LogP contribution in [-0.4, -0.2) is 35.9 Å². The first kappa shape index (κ1) is 21.9. The van der Waals surface area contributed by atoms with Gasteiger partial charge in [-0.15, -0.1) is 0 Å². The summed E-state index contributed by atoms with van der Waals surface area (Å²) in [4.78, 5) is 12.1. The second kappa shape index (κ2) is 10.2. The van der Waals surface area contributed by atoms with E-state index in [4.69, 9.17) is 16.8 Å². The lowest BCUT2D eigenvalue weighted by Crippen LogP contribution is -2.31. The van der Waals surface area contributed by atoms with Crippen molar-refractivity contribution in [3.8, 4) is 11.1 Å². The lowest BCUT2D eigenvalue weighted by molar-refractivity contribution is -0.133. The van der Waals surface area contributed by atoms with Gasteiger partial charge in [0.15, 0.2) is 0 Å². The minimum atomic E-state index is -0.377. The van der Waals surface area contributed by atoms with Gasteiger partial charge in [0.05, 0.1) is 5.71 Å². The highest BCUT2D eigenvalue weighted by molar-refractivity contribution is 6.30. The van der Waals surface area contributed by atoms with Crippen LogP contribution in [0.25, 0.3) is 11.1 Å². The molecule has 0 saturated carbocycles. The number of benzene rings is 2. The lowest BCUT2D eigenvalue weighted by atomic mass is 9.89. The van der Waals surface area contributed by atoms with Crippen molar-refractivity contribution in [1.82, 2.24) is 10.5 Å². The molecule has 1 amide bonds. The number of hydroxylamine groups is 1. The van der Waals surface area contributed by atoms with Gasteiger partial charge in [0, 0.05) is 31.5 Å². The van der Waals surface area contributed by atoms with E-state index in [-0.39, 0.29) is 11.8 Å². The Morgan fingerprint density at radius 3 is 2.07 bits per heavy atom. The number of carbonyl (C=O) groups excluding carboxylic acids is 1. The van der Waals surface area contributed by atoms with E-state index in [9.17, 15) is 4.79 Å². The Bertz CT molecular complexity index is 800. The van der Waals surface area contributed by atoms with Gasteiger partial charge in [0.2, 0.25) is 5.91 Å². The van der Waals surface area contributed by atoms with Crippen molar-refractivity contribution < 1.29 is 10.0 Å². The van der Waals surface area contributed by atoms with Crippen LogP contribution < -0.4 is 5.48 Å². The van der Waals surface area contributed by atoms with Gasteiger partial charge >= 0.3 is 0 Å². The molecule has 0 bridgehead atoms. The first-order valence-electron chi connectivity index (χ1n) is 9.35. The summed E-state index contributed by atoms with van der Waals surface area (Å²) in [7, 11) is 3.71. The van der Waals surface area contributed by atoms with Gasteiger partial charge in [-0.3, -0.25) is 10.0 Å². The molecule has 0 fully saturated rings. The number of nitrogens with zero attached hydrogens (tertiary/aromatic N) is 2. The molecule has 0 radical (unpaired) electrons. The zero-order valence-corrected chi connectivity index (χ0v) is 17.6. The molecule has 28 heavy (non-hydrogen) atoms. The third-order valence-electron chi connectivity index (χ3n) is 4.39. The zero-order chi connectivity index (χ0) is 20.7. The number of carbonyl (C=O) groups is 1. The van der Waals surface area contributed by atoms with Gasteiger partial charge in [0.25, 0.3) is 0 Å². The zero-order valence-electron chi connectivity index (χ0n) is 16.8. The SMILES string of the molecule is CC(C)CC(CC(=NN(C)C)c1ccc(-c2ccc(Cl)cc2)cc1)C(=O)NO. The molecule has 150 valence electrons. The summed E-state index contributed by atoms with van der Waals surface area (Å²) >= 11 is 5.97. The number of nitrogens with one attached hydrogen (secondary N) is 1. The van der Waals surface area contributed by atoms with Gasteiger partial charge in [-0.1, -0.05) is 61.8 Å². The fraction of sp³-hybridized carbons (Fsp3) is 0.364. The van der Waals surface area contributed by atoms with Crippen LogP contribution in [0.1, 0.15) is 32.3 Å². The summed E-state index contributed by atoms with van der Waals surface area (Å²) in [6, 6.07) is 15.8. The molecule has 2 N–H and O–H groups in total. The summed E-state index contributed by atoms with van der Waals surface area (Å²) in [5.41, 5.74) is 5.72. The molecule has 0 aliphatic heterocycles. The number of halogens is 1. The van der Waals surface area contributed by atoms with Gasteiger partial charge < -0.3 is 5.01 Å². The molecule has 0 spiro atoms. The highest BCUT2D eigenvalue weighted by atomic mass is 35.5. The van der Waals surface area contributed by atoms with E-state index >= 15 is 0 Å². The van der Waals surface area contributed by atoms with Crippen molar-refractivity contribution in [3.63, 3.8) is 0 Å². The van der Waals surface area contributed by atoms with Gasteiger partial charge in [0.1, 0.15) is 0 Å². The molecule has 0 saturated heterocycles. The maximum Gasteiger partial charge on any atom is 0.246 e. The monoisotopic (exact) mass is 401 g/mol. The smallest absolute Gasteiger partial charge is 0.246 e. The molecule has 0 aromatic heterocycles. The second-order valence-corrected chi connectivity index (χ2v) is 7.92. The normalized spacial score (nSPS) is 12.8. The molecule has 0 aliphatic rings. The van der Waals surface area contributed by atoms with Crippen LogP contribution in [0.15, 0.2) is 53.6 Å². The van der Waals surface area contributed by atoms with Crippen LogP contribution >= 0.6 is 11.6 Å². The maximum atomic E-state index is 12.1. The average Bonchev–Trinajstić information content (AvgIpc) is 2.66. The Morgan fingerprint density at radius 1 is 1.07 bits per heavy atom. The molecule has 1 atom stereocenters. The molecule has 2 aromatic carbocycles. The second-order valence-electron chi connectivity index (χ2n) is 7.48. The van der Waals surface area contributed by atoms with Crippen LogP contribution in [0.3, 0.4) is 0 Å². The molecule has 2 aromatic rings. The third kappa shape index (κ3) is 6.36. The molecule has 1 unspecified atom stereocenters. The minimum absolute atomic E-state index is 0.329.